The number of carbonyl (C=O) groups excluding carboxylic acids is 2. The molecule has 2 saturated heterocycles. The summed E-state index contributed by atoms with van der Waals surface area (Å²) in [4.78, 5) is 35.6. The number of rotatable bonds is 6. The van der Waals surface area contributed by atoms with E-state index < -0.39 is 24.0 Å². The molecule has 5 aromatic rings. The van der Waals surface area contributed by atoms with Crippen molar-refractivity contribution < 1.29 is 19.2 Å². The number of ether oxygens (including phenoxy) is 1. The largest absolute Gasteiger partial charge is 0.497 e. The summed E-state index contributed by atoms with van der Waals surface area (Å²) in [6.45, 7) is 0. The van der Waals surface area contributed by atoms with Crippen LogP contribution >= 0.6 is 0 Å². The molecule has 2 aliphatic heterocycles. The van der Waals surface area contributed by atoms with E-state index in [0.29, 0.717) is 17.1 Å². The van der Waals surface area contributed by atoms with Crippen LogP contribution in [0.4, 0.5) is 11.4 Å². The number of amides is 2. The van der Waals surface area contributed by atoms with Crippen molar-refractivity contribution in [2.45, 2.75) is 12.1 Å². The summed E-state index contributed by atoms with van der Waals surface area (Å²) in [6.07, 6.45) is 0.955. The van der Waals surface area contributed by atoms with E-state index >= 15 is 0 Å². The molecule has 0 bridgehead atoms. The van der Waals surface area contributed by atoms with Gasteiger partial charge in [-0.15, -0.1) is 0 Å². The van der Waals surface area contributed by atoms with Crippen LogP contribution in [0.3, 0.4) is 0 Å². The number of aromatic nitrogens is 2. The summed E-state index contributed by atoms with van der Waals surface area (Å²) in [6, 6.07) is 35.5. The van der Waals surface area contributed by atoms with Gasteiger partial charge in [0.15, 0.2) is 6.10 Å². The molecule has 0 radical (unpaired) electrons. The number of hydrogen-bond donors (Lipinski definition) is 0. The Morgan fingerprint density at radius 2 is 1.32 bits per heavy atom. The Morgan fingerprint density at radius 1 is 0.707 bits per heavy atom. The van der Waals surface area contributed by atoms with Crippen LogP contribution in [0.1, 0.15) is 11.6 Å². The zero-order valence-electron chi connectivity index (χ0n) is 22.2. The molecule has 0 saturated carbocycles. The van der Waals surface area contributed by atoms with Gasteiger partial charge in [-0.2, -0.15) is 5.10 Å². The van der Waals surface area contributed by atoms with Crippen molar-refractivity contribution >= 4 is 23.2 Å². The highest BCUT2D eigenvalue weighted by molar-refractivity contribution is 6.24. The van der Waals surface area contributed by atoms with Crippen LogP contribution in [0, 0.1) is 5.92 Å². The minimum absolute atomic E-state index is 0.319. The van der Waals surface area contributed by atoms with Crippen molar-refractivity contribution in [3.05, 3.63) is 127 Å². The van der Waals surface area contributed by atoms with E-state index in [0.717, 1.165) is 22.5 Å². The lowest BCUT2D eigenvalue weighted by Gasteiger charge is -2.28. The van der Waals surface area contributed by atoms with Gasteiger partial charge >= 0.3 is 0 Å². The highest BCUT2D eigenvalue weighted by Crippen LogP contribution is 2.49. The molecule has 8 heteroatoms. The molecular weight excluding hydrogens is 516 g/mol. The Morgan fingerprint density at radius 3 is 1.95 bits per heavy atom. The molecule has 41 heavy (non-hydrogen) atoms. The second-order valence-electron chi connectivity index (χ2n) is 9.95. The summed E-state index contributed by atoms with van der Waals surface area (Å²) in [5.41, 5.74) is 4.51. The van der Waals surface area contributed by atoms with Gasteiger partial charge in [0.2, 0.25) is 5.91 Å². The Bertz CT molecular complexity index is 1710. The molecule has 0 N–H and O–H groups in total. The van der Waals surface area contributed by atoms with Crippen molar-refractivity contribution in [2.24, 2.45) is 5.92 Å². The maximum atomic E-state index is 14.2. The second kappa shape index (κ2) is 10.1. The number of hydrogen-bond acceptors (Lipinski definition) is 6. The first-order valence-corrected chi connectivity index (χ1v) is 13.4. The minimum Gasteiger partial charge on any atom is -0.497 e. The van der Waals surface area contributed by atoms with Crippen molar-refractivity contribution in [1.82, 2.24) is 9.78 Å². The zero-order valence-corrected chi connectivity index (χ0v) is 22.2. The molecule has 0 unspecified atom stereocenters. The van der Waals surface area contributed by atoms with Gasteiger partial charge in [0.1, 0.15) is 11.7 Å². The summed E-state index contributed by atoms with van der Waals surface area (Å²) < 4.78 is 7.08. The third kappa shape index (κ3) is 4.16. The molecule has 4 aromatic carbocycles. The van der Waals surface area contributed by atoms with E-state index in [2.05, 4.69) is 0 Å². The smallest absolute Gasteiger partial charge is 0.266 e. The number of anilines is 2. The number of nitrogens with zero attached hydrogens (tertiary/aromatic N) is 4. The van der Waals surface area contributed by atoms with Crippen LogP contribution < -0.4 is 14.7 Å². The molecule has 0 spiro atoms. The molecule has 2 fully saturated rings. The number of carbonyl (C=O) groups is 2. The van der Waals surface area contributed by atoms with E-state index in [4.69, 9.17) is 14.7 Å². The predicted molar refractivity (Wildman–Crippen MR) is 155 cm³/mol. The first kappa shape index (κ1) is 24.8. The fourth-order valence-electron chi connectivity index (χ4n) is 5.65. The lowest BCUT2D eigenvalue weighted by molar-refractivity contribution is -0.126. The van der Waals surface area contributed by atoms with Crippen molar-refractivity contribution in [2.75, 3.05) is 17.1 Å². The van der Waals surface area contributed by atoms with Crippen LogP contribution in [0.5, 0.6) is 5.75 Å². The number of benzene rings is 4. The SMILES string of the molecule is COc1ccc(N2C(=O)[C@H]3[C@H](ON(c4ccccc4)[C@@H]3c3cn(-c4ccccc4)nc3-c3ccccc3)C2=O)cc1. The second-order valence-corrected chi connectivity index (χ2v) is 9.95. The maximum absolute atomic E-state index is 14.2. The van der Waals surface area contributed by atoms with Crippen molar-refractivity contribution in [3.8, 4) is 22.7 Å². The van der Waals surface area contributed by atoms with Gasteiger partial charge in [-0.1, -0.05) is 66.7 Å². The molecule has 3 atom stereocenters. The van der Waals surface area contributed by atoms with E-state index in [-0.39, 0.29) is 5.91 Å². The number of methoxy groups -OCH3 is 1. The number of imide groups is 1. The molecule has 2 amide bonds. The molecule has 0 aliphatic carbocycles. The fourth-order valence-corrected chi connectivity index (χ4v) is 5.65. The Labute approximate surface area is 236 Å². The average molecular weight is 543 g/mol. The standard InChI is InChI=1S/C33H26N4O4/c1-40-26-19-17-24(18-20-26)36-32(38)28-30(37(41-31(28)33(36)39)25-15-9-4-10-16-25)27-21-35(23-13-7-3-8-14-23)34-29(27)22-11-5-2-6-12-22/h2-21,28,30-31H,1H3/t28-,30-,31+/m1/s1. The summed E-state index contributed by atoms with van der Waals surface area (Å²) in [5.74, 6) is -0.871. The van der Waals surface area contributed by atoms with Gasteiger partial charge in [-0.25, -0.2) is 14.6 Å². The normalized spacial score (nSPS) is 20.0. The van der Waals surface area contributed by atoms with E-state index in [1.807, 2.05) is 102 Å². The van der Waals surface area contributed by atoms with Crippen LogP contribution in [0.15, 0.2) is 121 Å². The molecule has 3 heterocycles. The average Bonchev–Trinajstić information content (AvgIpc) is 3.71. The lowest BCUT2D eigenvalue weighted by Crippen LogP contribution is -2.37. The minimum atomic E-state index is -0.987. The third-order valence-corrected chi connectivity index (χ3v) is 7.59. The maximum Gasteiger partial charge on any atom is 0.266 e. The summed E-state index contributed by atoms with van der Waals surface area (Å²) >= 11 is 0. The quantitative estimate of drug-likeness (QED) is 0.260. The Kier molecular flexibility index (Phi) is 6.10. The Hall–Kier alpha value is -5.21. The van der Waals surface area contributed by atoms with Gasteiger partial charge < -0.3 is 4.74 Å². The zero-order chi connectivity index (χ0) is 27.9. The topological polar surface area (TPSA) is 76.9 Å². The number of para-hydroxylation sites is 2. The van der Waals surface area contributed by atoms with Gasteiger partial charge in [0.25, 0.3) is 5.91 Å². The highest BCUT2D eigenvalue weighted by Gasteiger charge is 2.61. The molecule has 1 aromatic heterocycles. The first-order valence-electron chi connectivity index (χ1n) is 13.4. The van der Waals surface area contributed by atoms with Gasteiger partial charge in [-0.05, 0) is 48.5 Å². The summed E-state index contributed by atoms with van der Waals surface area (Å²) in [5, 5.41) is 6.69. The summed E-state index contributed by atoms with van der Waals surface area (Å²) in [7, 11) is 1.57. The van der Waals surface area contributed by atoms with E-state index in [1.165, 1.54) is 4.90 Å². The van der Waals surface area contributed by atoms with Gasteiger partial charge in [0, 0.05) is 17.3 Å². The number of hydroxylamine groups is 1. The monoisotopic (exact) mass is 542 g/mol. The predicted octanol–water partition coefficient (Wildman–Crippen LogP) is 5.60. The van der Waals surface area contributed by atoms with Crippen LogP contribution in [-0.2, 0) is 14.4 Å². The van der Waals surface area contributed by atoms with Crippen LogP contribution in [-0.4, -0.2) is 34.8 Å². The Balaban J connectivity index is 1.39. The van der Waals surface area contributed by atoms with Gasteiger partial charge in [-0.3, -0.25) is 14.4 Å². The van der Waals surface area contributed by atoms with Crippen molar-refractivity contribution in [3.63, 3.8) is 0 Å². The lowest BCUT2D eigenvalue weighted by atomic mass is 9.89. The van der Waals surface area contributed by atoms with Crippen molar-refractivity contribution in [1.29, 1.82) is 0 Å². The molecular formula is C33H26N4O4. The third-order valence-electron chi connectivity index (χ3n) is 7.59. The molecule has 7 rings (SSSR count). The molecule has 8 nitrogen and oxygen atoms in total. The fraction of sp³-hybridized carbons (Fsp3) is 0.121. The first-order chi connectivity index (χ1) is 20.1. The van der Waals surface area contributed by atoms with E-state index in [1.54, 1.807) is 36.4 Å². The molecule has 2 aliphatic rings. The highest BCUT2D eigenvalue weighted by atomic mass is 16.7. The van der Waals surface area contributed by atoms with Crippen LogP contribution in [0.25, 0.3) is 16.9 Å². The molecule has 202 valence electrons. The van der Waals surface area contributed by atoms with E-state index in [9.17, 15) is 9.59 Å². The van der Waals surface area contributed by atoms with Crippen LogP contribution in [0.2, 0.25) is 0 Å². The van der Waals surface area contributed by atoms with Gasteiger partial charge in [0.05, 0.1) is 35.9 Å². The number of fused-ring (bicyclic) bond motifs is 1.